The maximum absolute atomic E-state index is 11.9. The summed E-state index contributed by atoms with van der Waals surface area (Å²) >= 11 is 0. The molecule has 0 atom stereocenters. The van der Waals surface area contributed by atoms with Gasteiger partial charge in [-0.05, 0) is 30.5 Å². The van der Waals surface area contributed by atoms with Gasteiger partial charge in [0.1, 0.15) is 0 Å². The van der Waals surface area contributed by atoms with Crippen LogP contribution in [0.3, 0.4) is 0 Å². The number of hydroxylamine groups is 1. The molecule has 18 heavy (non-hydrogen) atoms. The van der Waals surface area contributed by atoms with Crippen molar-refractivity contribution in [2.24, 2.45) is 0 Å². The third-order valence-electron chi connectivity index (χ3n) is 3.01. The Morgan fingerprint density at radius 2 is 1.94 bits per heavy atom. The van der Waals surface area contributed by atoms with Gasteiger partial charge in [0.25, 0.3) is 5.91 Å². The van der Waals surface area contributed by atoms with Crippen LogP contribution < -0.4 is 11.2 Å². The monoisotopic (exact) mass is 250 g/mol. The van der Waals surface area contributed by atoms with Crippen molar-refractivity contribution in [3.63, 3.8) is 0 Å². The number of rotatable bonds is 5. The van der Waals surface area contributed by atoms with E-state index in [-0.39, 0.29) is 5.91 Å². The Balaban J connectivity index is 2.00. The summed E-state index contributed by atoms with van der Waals surface area (Å²) in [5, 5.41) is 8.40. The summed E-state index contributed by atoms with van der Waals surface area (Å²) in [5.74, 6) is -1.44. The number of hydrogen-bond donors (Lipinski definition) is 3. The highest BCUT2D eigenvalue weighted by molar-refractivity contribution is 5.90. The van der Waals surface area contributed by atoms with Crippen LogP contribution in [0.2, 0.25) is 0 Å². The van der Waals surface area contributed by atoms with Crippen molar-refractivity contribution in [2.75, 3.05) is 12.3 Å². The van der Waals surface area contributed by atoms with E-state index in [0.29, 0.717) is 5.69 Å². The summed E-state index contributed by atoms with van der Waals surface area (Å²) in [7, 11) is 0. The Morgan fingerprint density at radius 3 is 2.44 bits per heavy atom. The van der Waals surface area contributed by atoms with Crippen molar-refractivity contribution in [2.45, 2.75) is 18.3 Å². The minimum atomic E-state index is -1.13. The Bertz CT molecular complexity index is 465. The summed E-state index contributed by atoms with van der Waals surface area (Å²) in [6.07, 6.45) is 1.44. The van der Waals surface area contributed by atoms with Gasteiger partial charge in [0.15, 0.2) is 6.61 Å². The Kier molecular flexibility index (Phi) is 3.20. The van der Waals surface area contributed by atoms with Gasteiger partial charge in [-0.3, -0.25) is 9.63 Å². The van der Waals surface area contributed by atoms with Gasteiger partial charge in [0.05, 0.1) is 5.41 Å². The molecule has 1 fully saturated rings. The van der Waals surface area contributed by atoms with Crippen molar-refractivity contribution >= 4 is 17.6 Å². The highest BCUT2D eigenvalue weighted by atomic mass is 16.7. The number of carbonyl (C=O) groups is 2. The van der Waals surface area contributed by atoms with Gasteiger partial charge in [-0.2, -0.15) is 0 Å². The molecule has 0 saturated heterocycles. The smallest absolute Gasteiger partial charge is 0.332 e. The molecular formula is C12H14N2O4. The minimum Gasteiger partial charge on any atom is -0.479 e. The third kappa shape index (κ3) is 2.43. The van der Waals surface area contributed by atoms with E-state index in [9.17, 15) is 9.59 Å². The molecule has 0 radical (unpaired) electrons. The van der Waals surface area contributed by atoms with E-state index in [1.807, 2.05) is 0 Å². The first-order chi connectivity index (χ1) is 8.54. The largest absolute Gasteiger partial charge is 0.479 e. The molecule has 0 aromatic heterocycles. The number of amides is 1. The number of carboxylic acid groups (broad SMARTS) is 1. The van der Waals surface area contributed by atoms with E-state index in [4.69, 9.17) is 10.8 Å². The van der Waals surface area contributed by atoms with Crippen LogP contribution in [0.1, 0.15) is 18.4 Å². The number of aliphatic carboxylic acids is 1. The van der Waals surface area contributed by atoms with Crippen LogP contribution in [0, 0.1) is 0 Å². The second-order valence-electron chi connectivity index (χ2n) is 4.32. The van der Waals surface area contributed by atoms with Gasteiger partial charge >= 0.3 is 5.97 Å². The first kappa shape index (κ1) is 12.4. The molecule has 0 aliphatic heterocycles. The molecule has 96 valence electrons. The predicted octanol–water partition coefficient (Wildman–Crippen LogP) is 0.433. The zero-order valence-corrected chi connectivity index (χ0v) is 9.68. The SMILES string of the molecule is Nc1ccc(C2(C(=O)NOCC(=O)O)CC2)cc1. The average Bonchev–Trinajstić information content (AvgIpc) is 3.10. The van der Waals surface area contributed by atoms with Crippen LogP contribution >= 0.6 is 0 Å². The van der Waals surface area contributed by atoms with E-state index < -0.39 is 18.0 Å². The van der Waals surface area contributed by atoms with Crippen molar-refractivity contribution in [1.29, 1.82) is 0 Å². The number of benzene rings is 1. The highest BCUT2D eigenvalue weighted by Gasteiger charge is 2.51. The molecule has 1 saturated carbocycles. The van der Waals surface area contributed by atoms with Gasteiger partial charge in [-0.1, -0.05) is 12.1 Å². The van der Waals surface area contributed by atoms with Gasteiger partial charge < -0.3 is 10.8 Å². The second-order valence-corrected chi connectivity index (χ2v) is 4.32. The number of carboxylic acids is 1. The molecule has 1 aromatic carbocycles. The lowest BCUT2D eigenvalue weighted by Gasteiger charge is -2.15. The van der Waals surface area contributed by atoms with E-state index >= 15 is 0 Å². The van der Waals surface area contributed by atoms with Crippen LogP contribution in [0.5, 0.6) is 0 Å². The van der Waals surface area contributed by atoms with Crippen molar-refractivity contribution in [1.82, 2.24) is 5.48 Å². The van der Waals surface area contributed by atoms with Crippen molar-refractivity contribution in [3.8, 4) is 0 Å². The summed E-state index contributed by atoms with van der Waals surface area (Å²) in [6.45, 7) is -0.552. The van der Waals surface area contributed by atoms with Crippen LogP contribution in [0.4, 0.5) is 5.69 Å². The Hall–Kier alpha value is -2.08. The molecule has 4 N–H and O–H groups in total. The van der Waals surface area contributed by atoms with E-state index in [2.05, 4.69) is 10.3 Å². The van der Waals surface area contributed by atoms with Crippen LogP contribution in [0.25, 0.3) is 0 Å². The van der Waals surface area contributed by atoms with Crippen LogP contribution in [-0.4, -0.2) is 23.6 Å². The fraction of sp³-hybridized carbons (Fsp3) is 0.333. The molecule has 1 amide bonds. The fourth-order valence-corrected chi connectivity index (χ4v) is 1.84. The average molecular weight is 250 g/mol. The summed E-state index contributed by atoms with van der Waals surface area (Å²) < 4.78 is 0. The summed E-state index contributed by atoms with van der Waals surface area (Å²) in [5.41, 5.74) is 8.68. The second kappa shape index (κ2) is 4.66. The maximum Gasteiger partial charge on any atom is 0.332 e. The molecule has 0 bridgehead atoms. The summed E-state index contributed by atoms with van der Waals surface area (Å²) in [4.78, 5) is 26.8. The zero-order valence-electron chi connectivity index (χ0n) is 9.68. The zero-order chi connectivity index (χ0) is 13.2. The molecule has 6 heteroatoms. The molecule has 1 aliphatic carbocycles. The number of nitrogens with two attached hydrogens (primary N) is 1. The highest BCUT2D eigenvalue weighted by Crippen LogP contribution is 2.48. The Labute approximate surface area is 104 Å². The molecule has 0 spiro atoms. The van der Waals surface area contributed by atoms with E-state index in [0.717, 1.165) is 18.4 Å². The molecule has 0 heterocycles. The van der Waals surface area contributed by atoms with Crippen LogP contribution in [-0.2, 0) is 19.8 Å². The number of nitrogens with one attached hydrogen (secondary N) is 1. The number of hydrogen-bond acceptors (Lipinski definition) is 4. The first-order valence-corrected chi connectivity index (χ1v) is 5.55. The van der Waals surface area contributed by atoms with Crippen molar-refractivity contribution < 1.29 is 19.5 Å². The molecule has 1 aromatic rings. The van der Waals surface area contributed by atoms with Gasteiger partial charge in [-0.25, -0.2) is 10.3 Å². The van der Waals surface area contributed by atoms with Crippen LogP contribution in [0.15, 0.2) is 24.3 Å². The minimum absolute atomic E-state index is 0.312. The lowest BCUT2D eigenvalue weighted by Crippen LogP contribution is -2.36. The maximum atomic E-state index is 11.9. The van der Waals surface area contributed by atoms with Crippen molar-refractivity contribution in [3.05, 3.63) is 29.8 Å². The molecular weight excluding hydrogens is 236 g/mol. The molecule has 6 nitrogen and oxygen atoms in total. The number of carbonyl (C=O) groups excluding carboxylic acids is 1. The topological polar surface area (TPSA) is 102 Å². The quantitative estimate of drug-likeness (QED) is 0.519. The van der Waals surface area contributed by atoms with Gasteiger partial charge in [0, 0.05) is 5.69 Å². The normalized spacial score (nSPS) is 16.0. The number of nitrogen functional groups attached to an aromatic ring is 1. The van der Waals surface area contributed by atoms with Gasteiger partial charge in [0.2, 0.25) is 0 Å². The fourth-order valence-electron chi connectivity index (χ4n) is 1.84. The lowest BCUT2D eigenvalue weighted by atomic mass is 9.95. The lowest BCUT2D eigenvalue weighted by molar-refractivity contribution is -0.150. The summed E-state index contributed by atoms with van der Waals surface area (Å²) in [6, 6.07) is 7.08. The number of anilines is 1. The molecule has 2 rings (SSSR count). The predicted molar refractivity (Wildman–Crippen MR) is 63.5 cm³/mol. The Morgan fingerprint density at radius 1 is 1.33 bits per heavy atom. The first-order valence-electron chi connectivity index (χ1n) is 5.55. The molecule has 1 aliphatic rings. The standard InChI is InChI=1S/C12H14N2O4/c13-9-3-1-8(2-4-9)12(5-6-12)11(17)14-18-7-10(15)16/h1-4H,5-7,13H2,(H,14,17)(H,15,16). The third-order valence-corrected chi connectivity index (χ3v) is 3.01. The van der Waals surface area contributed by atoms with E-state index in [1.165, 1.54) is 0 Å². The molecule has 0 unspecified atom stereocenters. The van der Waals surface area contributed by atoms with Gasteiger partial charge in [-0.15, -0.1) is 0 Å². The van der Waals surface area contributed by atoms with E-state index in [1.54, 1.807) is 24.3 Å².